The number of rotatable bonds is 7. The average Bonchev–Trinajstić information content (AvgIpc) is 3.18. The molecule has 11 heteroatoms. The molecule has 0 unspecified atom stereocenters. The van der Waals surface area contributed by atoms with Crippen LogP contribution in [-0.4, -0.2) is 52.4 Å². The average molecular weight is 473 g/mol. The van der Waals surface area contributed by atoms with E-state index in [0.717, 1.165) is 16.9 Å². The van der Waals surface area contributed by atoms with Crippen molar-refractivity contribution in [1.29, 1.82) is 0 Å². The number of nitrogens with zero attached hydrogens (tertiary/aromatic N) is 3. The fourth-order valence-electron chi connectivity index (χ4n) is 2.72. The second-order valence-corrected chi connectivity index (χ2v) is 8.75. The number of nitrogens with one attached hydrogen (secondary N) is 1. The molecule has 3 rings (SSSR count). The van der Waals surface area contributed by atoms with E-state index in [4.69, 9.17) is 10.2 Å². The minimum atomic E-state index is -3.74. The largest absolute Gasteiger partial charge is 0.478 e. The number of aromatic nitrogens is 3. The Balaban J connectivity index is 0.000000414. The van der Waals surface area contributed by atoms with Gasteiger partial charge >= 0.3 is 11.9 Å². The van der Waals surface area contributed by atoms with E-state index in [9.17, 15) is 18.0 Å². The second-order valence-electron chi connectivity index (χ2n) is 6.85. The Kier molecular flexibility index (Phi) is 8.60. The molecule has 0 atom stereocenters. The molecule has 3 N–H and O–H groups in total. The van der Waals surface area contributed by atoms with E-state index < -0.39 is 21.8 Å². The third-order valence-electron chi connectivity index (χ3n) is 4.27. The molecule has 0 radical (unpaired) electrons. The maximum Gasteiger partial charge on any atom is 0.328 e. The van der Waals surface area contributed by atoms with Gasteiger partial charge in [0.25, 0.3) is 0 Å². The standard InChI is InChI=1S/C18H20N4O2S.C4H4O4/c1-13-6-4-5-7-17(13)22-18(10-15(21-22)11-19-3)25(23,24)16-9-8-14(2)20-12-16;5-3(6)1-2-4(7)8/h4-10,12,19H,11H2,1-3H3;1-2H,(H,5,6)(H,7,8). The number of hydrogen-bond acceptors (Lipinski definition) is 7. The number of sulfone groups is 1. The lowest BCUT2D eigenvalue weighted by atomic mass is 10.2. The SMILES string of the molecule is CNCc1cc(S(=O)(=O)c2ccc(C)nc2)n(-c2ccccc2C)n1.O=C(O)C=CC(=O)O. The van der Waals surface area contributed by atoms with Crippen molar-refractivity contribution in [3.63, 3.8) is 0 Å². The first kappa shape index (κ1) is 25.4. The number of hydrogen-bond donors (Lipinski definition) is 3. The maximum atomic E-state index is 13.1. The predicted molar refractivity (Wildman–Crippen MR) is 120 cm³/mol. The molecular weight excluding hydrogens is 448 g/mol. The Morgan fingerprint density at radius 2 is 1.70 bits per heavy atom. The molecule has 0 amide bonds. The predicted octanol–water partition coefficient (Wildman–Crippen LogP) is 2.15. The summed E-state index contributed by atoms with van der Waals surface area (Å²) in [5.41, 5.74) is 3.11. The highest BCUT2D eigenvalue weighted by Crippen LogP contribution is 2.25. The molecule has 0 saturated heterocycles. The summed E-state index contributed by atoms with van der Waals surface area (Å²) in [5, 5.41) is 23.3. The van der Waals surface area contributed by atoms with Crippen LogP contribution in [0.2, 0.25) is 0 Å². The lowest BCUT2D eigenvalue weighted by Gasteiger charge is -2.10. The quantitative estimate of drug-likeness (QED) is 0.439. The lowest BCUT2D eigenvalue weighted by molar-refractivity contribution is -0.134. The van der Waals surface area contributed by atoms with Gasteiger partial charge in [-0.2, -0.15) is 5.10 Å². The summed E-state index contributed by atoms with van der Waals surface area (Å²) in [6.07, 6.45) is 2.50. The highest BCUT2D eigenvalue weighted by atomic mass is 32.2. The number of carboxylic acid groups (broad SMARTS) is 2. The minimum absolute atomic E-state index is 0.137. The van der Waals surface area contributed by atoms with Gasteiger partial charge in [-0.15, -0.1) is 0 Å². The van der Waals surface area contributed by atoms with Crippen molar-refractivity contribution in [2.24, 2.45) is 0 Å². The molecular formula is C22H24N4O6S. The van der Waals surface area contributed by atoms with Gasteiger partial charge in [0.2, 0.25) is 9.84 Å². The number of pyridine rings is 1. The molecule has 0 aliphatic carbocycles. The molecule has 2 heterocycles. The zero-order valence-electron chi connectivity index (χ0n) is 18.3. The van der Waals surface area contributed by atoms with Crippen LogP contribution >= 0.6 is 0 Å². The number of aryl methyl sites for hydroxylation is 2. The fraction of sp³-hybridized carbons (Fsp3) is 0.182. The number of carboxylic acids is 2. The topological polar surface area (TPSA) is 151 Å². The van der Waals surface area contributed by atoms with Crippen LogP contribution < -0.4 is 5.32 Å². The van der Waals surface area contributed by atoms with Gasteiger partial charge in [-0.05, 0) is 44.7 Å². The molecule has 0 saturated carbocycles. The molecule has 1 aromatic carbocycles. The highest BCUT2D eigenvalue weighted by Gasteiger charge is 2.25. The van der Waals surface area contributed by atoms with Gasteiger partial charge in [-0.25, -0.2) is 22.7 Å². The third kappa shape index (κ3) is 6.82. The molecule has 3 aromatic rings. The van der Waals surface area contributed by atoms with Gasteiger partial charge in [0, 0.05) is 36.7 Å². The Bertz CT molecular complexity index is 1250. The zero-order chi connectivity index (χ0) is 24.6. The van der Waals surface area contributed by atoms with Crippen LogP contribution in [0.4, 0.5) is 0 Å². The number of carbonyl (C=O) groups is 2. The lowest BCUT2D eigenvalue weighted by Crippen LogP contribution is -2.11. The Hall–Kier alpha value is -3.83. The van der Waals surface area contributed by atoms with E-state index in [0.29, 0.717) is 24.4 Å². The van der Waals surface area contributed by atoms with Gasteiger partial charge in [-0.3, -0.25) is 4.98 Å². The number of benzene rings is 1. The summed E-state index contributed by atoms with van der Waals surface area (Å²) in [4.78, 5) is 23.4. The summed E-state index contributed by atoms with van der Waals surface area (Å²) in [6.45, 7) is 4.23. The van der Waals surface area contributed by atoms with Crippen molar-refractivity contribution >= 4 is 21.8 Å². The van der Waals surface area contributed by atoms with E-state index >= 15 is 0 Å². The monoisotopic (exact) mass is 472 g/mol. The number of aliphatic carboxylic acids is 2. The fourth-order valence-corrected chi connectivity index (χ4v) is 4.06. The van der Waals surface area contributed by atoms with Crippen LogP contribution in [0.25, 0.3) is 5.69 Å². The van der Waals surface area contributed by atoms with Gasteiger partial charge in [0.1, 0.15) is 0 Å². The first-order valence-electron chi connectivity index (χ1n) is 9.67. The van der Waals surface area contributed by atoms with Gasteiger partial charge in [0.05, 0.1) is 16.3 Å². The molecule has 2 aromatic heterocycles. The van der Waals surface area contributed by atoms with Crippen LogP contribution in [0.5, 0.6) is 0 Å². The second kappa shape index (κ2) is 11.2. The van der Waals surface area contributed by atoms with E-state index in [1.54, 1.807) is 25.2 Å². The van der Waals surface area contributed by atoms with E-state index in [2.05, 4.69) is 15.4 Å². The highest BCUT2D eigenvalue weighted by molar-refractivity contribution is 7.91. The molecule has 33 heavy (non-hydrogen) atoms. The molecule has 0 aliphatic rings. The summed E-state index contributed by atoms with van der Waals surface area (Å²) in [5.74, 6) is -2.51. The van der Waals surface area contributed by atoms with E-state index in [1.807, 2.05) is 38.1 Å². The summed E-state index contributed by atoms with van der Waals surface area (Å²) in [6, 6.07) is 12.4. The van der Waals surface area contributed by atoms with Crippen LogP contribution in [0, 0.1) is 13.8 Å². The van der Waals surface area contributed by atoms with Crippen LogP contribution in [0.15, 0.2) is 70.7 Å². The van der Waals surface area contributed by atoms with Crippen LogP contribution in [0.3, 0.4) is 0 Å². The summed E-state index contributed by atoms with van der Waals surface area (Å²) < 4.78 is 27.8. The molecule has 0 bridgehead atoms. The third-order valence-corrected chi connectivity index (χ3v) is 5.97. The molecule has 0 fully saturated rings. The molecule has 174 valence electrons. The van der Waals surface area contributed by atoms with Crippen molar-refractivity contribution in [3.8, 4) is 5.69 Å². The van der Waals surface area contributed by atoms with Gasteiger partial charge in [-0.1, -0.05) is 18.2 Å². The van der Waals surface area contributed by atoms with Gasteiger partial charge in [0.15, 0.2) is 5.03 Å². The summed E-state index contributed by atoms with van der Waals surface area (Å²) in [7, 11) is -1.94. The molecule has 10 nitrogen and oxygen atoms in total. The van der Waals surface area contributed by atoms with Crippen LogP contribution in [0.1, 0.15) is 17.0 Å². The molecule has 0 spiro atoms. The normalized spacial score (nSPS) is 11.1. The van der Waals surface area contributed by atoms with E-state index in [1.165, 1.54) is 10.9 Å². The van der Waals surface area contributed by atoms with Crippen LogP contribution in [-0.2, 0) is 26.0 Å². The van der Waals surface area contributed by atoms with E-state index in [-0.39, 0.29) is 9.92 Å². The van der Waals surface area contributed by atoms with Gasteiger partial charge < -0.3 is 15.5 Å². The smallest absolute Gasteiger partial charge is 0.328 e. The first-order valence-corrected chi connectivity index (χ1v) is 11.2. The minimum Gasteiger partial charge on any atom is -0.478 e. The Morgan fingerprint density at radius 3 is 2.21 bits per heavy atom. The van der Waals surface area contributed by atoms with Crippen molar-refractivity contribution in [2.45, 2.75) is 30.3 Å². The maximum absolute atomic E-state index is 13.1. The molecule has 0 aliphatic heterocycles. The summed E-state index contributed by atoms with van der Waals surface area (Å²) >= 11 is 0. The van der Waals surface area contributed by atoms with Crippen molar-refractivity contribution in [3.05, 3.63) is 77.8 Å². The Morgan fingerprint density at radius 1 is 1.06 bits per heavy atom. The van der Waals surface area contributed by atoms with Crippen molar-refractivity contribution < 1.29 is 28.2 Å². The zero-order valence-corrected chi connectivity index (χ0v) is 19.1. The first-order chi connectivity index (χ1) is 15.6. The van der Waals surface area contributed by atoms with Crippen molar-refractivity contribution in [1.82, 2.24) is 20.1 Å². The number of para-hydroxylation sites is 1. The van der Waals surface area contributed by atoms with Crippen molar-refractivity contribution in [2.75, 3.05) is 7.05 Å². The Labute approximate surface area is 191 Å².